The topological polar surface area (TPSA) is 75.7 Å². The third kappa shape index (κ3) is 5.65. The van der Waals surface area contributed by atoms with Crippen molar-refractivity contribution < 1.29 is 19.1 Å². The highest BCUT2D eigenvalue weighted by atomic mass is 79.9. The van der Waals surface area contributed by atoms with Crippen molar-refractivity contribution in [2.24, 2.45) is 0 Å². The molecule has 0 spiro atoms. The minimum Gasteiger partial charge on any atom is -0.468 e. The molecule has 27 heavy (non-hydrogen) atoms. The second-order valence-electron chi connectivity index (χ2n) is 6.15. The van der Waals surface area contributed by atoms with Gasteiger partial charge < -0.3 is 15.0 Å². The van der Waals surface area contributed by atoms with Crippen LogP contribution in [-0.2, 0) is 9.53 Å². The first-order valence-electron chi connectivity index (χ1n) is 8.36. The monoisotopic (exact) mass is 432 g/mol. The van der Waals surface area contributed by atoms with Gasteiger partial charge in [0.2, 0.25) is 0 Å². The molecule has 142 valence electrons. The molecule has 1 N–H and O–H groups in total. The van der Waals surface area contributed by atoms with Gasteiger partial charge in [-0.2, -0.15) is 0 Å². The van der Waals surface area contributed by atoms with Crippen molar-refractivity contribution in [3.05, 3.63) is 64.1 Å². The zero-order valence-corrected chi connectivity index (χ0v) is 16.9. The molecule has 0 bridgehead atoms. The quantitative estimate of drug-likeness (QED) is 0.705. The number of hydrogen-bond acceptors (Lipinski definition) is 4. The van der Waals surface area contributed by atoms with E-state index >= 15 is 0 Å². The molecule has 0 aliphatic heterocycles. The molecular weight excluding hydrogens is 412 g/mol. The lowest BCUT2D eigenvalue weighted by atomic mass is 10.1. The van der Waals surface area contributed by atoms with Gasteiger partial charge in [-0.05, 0) is 50.2 Å². The van der Waals surface area contributed by atoms with Crippen LogP contribution in [0.4, 0.5) is 5.69 Å². The number of amides is 2. The summed E-state index contributed by atoms with van der Waals surface area (Å²) in [6, 6.07) is 13.4. The smallest absolute Gasteiger partial charge is 0.325 e. The predicted octanol–water partition coefficient (Wildman–Crippen LogP) is 3.73. The largest absolute Gasteiger partial charge is 0.468 e. The molecule has 0 heterocycles. The van der Waals surface area contributed by atoms with E-state index in [1.54, 1.807) is 42.5 Å². The van der Waals surface area contributed by atoms with Crippen LogP contribution in [0.2, 0.25) is 0 Å². The van der Waals surface area contributed by atoms with Gasteiger partial charge >= 0.3 is 5.97 Å². The lowest BCUT2D eigenvalue weighted by Crippen LogP contribution is -2.41. The molecule has 6 nitrogen and oxygen atoms in total. The van der Waals surface area contributed by atoms with E-state index in [1.807, 2.05) is 19.9 Å². The number of anilines is 1. The first-order chi connectivity index (χ1) is 12.8. The number of ether oxygens (including phenoxy) is 1. The summed E-state index contributed by atoms with van der Waals surface area (Å²) < 4.78 is 5.46. The number of esters is 1. The first kappa shape index (κ1) is 20.6. The molecule has 0 fully saturated rings. The zero-order chi connectivity index (χ0) is 20.0. The first-order valence-corrected chi connectivity index (χ1v) is 9.16. The van der Waals surface area contributed by atoms with Gasteiger partial charge in [0.25, 0.3) is 11.8 Å². The van der Waals surface area contributed by atoms with Crippen molar-refractivity contribution >= 4 is 39.4 Å². The molecule has 2 amide bonds. The van der Waals surface area contributed by atoms with Crippen molar-refractivity contribution in [2.75, 3.05) is 19.0 Å². The Labute approximate surface area is 166 Å². The highest BCUT2D eigenvalue weighted by Crippen LogP contribution is 2.17. The Morgan fingerprint density at radius 3 is 2.37 bits per heavy atom. The second kappa shape index (κ2) is 9.32. The number of carbonyl (C=O) groups is 3. The molecule has 0 radical (unpaired) electrons. The zero-order valence-electron chi connectivity index (χ0n) is 15.4. The molecule has 0 atom stereocenters. The molecule has 2 aromatic rings. The number of carbonyl (C=O) groups excluding carboxylic acids is 3. The van der Waals surface area contributed by atoms with Crippen LogP contribution < -0.4 is 5.32 Å². The van der Waals surface area contributed by atoms with Gasteiger partial charge in [-0.1, -0.05) is 28.1 Å². The van der Waals surface area contributed by atoms with Gasteiger partial charge in [0.05, 0.1) is 7.11 Å². The fourth-order valence-corrected chi connectivity index (χ4v) is 2.82. The normalized spacial score (nSPS) is 10.4. The van der Waals surface area contributed by atoms with E-state index in [9.17, 15) is 14.4 Å². The highest BCUT2D eigenvalue weighted by molar-refractivity contribution is 9.10. The van der Waals surface area contributed by atoms with Gasteiger partial charge in [-0.25, -0.2) is 0 Å². The van der Waals surface area contributed by atoms with Gasteiger partial charge in [-0.15, -0.1) is 0 Å². The van der Waals surface area contributed by atoms with Crippen LogP contribution >= 0.6 is 15.9 Å². The Morgan fingerprint density at radius 1 is 1.07 bits per heavy atom. The average Bonchev–Trinajstić information content (AvgIpc) is 2.65. The van der Waals surface area contributed by atoms with Gasteiger partial charge in [0.1, 0.15) is 6.54 Å². The van der Waals surface area contributed by atoms with Crippen molar-refractivity contribution in [1.29, 1.82) is 0 Å². The third-order valence-electron chi connectivity index (χ3n) is 3.87. The molecule has 2 rings (SSSR count). The van der Waals surface area contributed by atoms with Crippen molar-refractivity contribution in [1.82, 2.24) is 4.90 Å². The second-order valence-corrected chi connectivity index (χ2v) is 7.06. The Balaban J connectivity index is 2.19. The van der Waals surface area contributed by atoms with Crippen LogP contribution in [0.25, 0.3) is 0 Å². The summed E-state index contributed by atoms with van der Waals surface area (Å²) in [5.74, 6) is -1.08. The minimum atomic E-state index is -0.490. The molecule has 2 aromatic carbocycles. The summed E-state index contributed by atoms with van der Waals surface area (Å²) in [4.78, 5) is 38.2. The maximum atomic E-state index is 12.8. The Morgan fingerprint density at radius 2 is 1.74 bits per heavy atom. The summed E-state index contributed by atoms with van der Waals surface area (Å²) in [6.45, 7) is 3.50. The molecule has 0 aliphatic carbocycles. The van der Waals surface area contributed by atoms with Crippen LogP contribution in [-0.4, -0.2) is 42.4 Å². The SMILES string of the molecule is COC(=O)CN(C(=O)c1cccc(NC(=O)c2cccc(Br)c2)c1)C(C)C. The van der Waals surface area contributed by atoms with Crippen molar-refractivity contribution in [2.45, 2.75) is 19.9 Å². The van der Waals surface area contributed by atoms with E-state index in [0.29, 0.717) is 16.8 Å². The van der Waals surface area contributed by atoms with E-state index in [1.165, 1.54) is 12.0 Å². The summed E-state index contributed by atoms with van der Waals surface area (Å²) in [5.41, 5.74) is 1.36. The van der Waals surface area contributed by atoms with E-state index in [-0.39, 0.29) is 24.4 Å². The standard InChI is InChI=1S/C20H21BrN2O4/c1-13(2)23(12-18(24)27-3)20(26)15-7-5-9-17(11-15)22-19(25)14-6-4-8-16(21)10-14/h4-11,13H,12H2,1-3H3,(H,22,25). The number of benzene rings is 2. The van der Waals surface area contributed by atoms with Crippen LogP contribution in [0.15, 0.2) is 53.0 Å². The number of nitrogens with zero attached hydrogens (tertiary/aromatic N) is 1. The third-order valence-corrected chi connectivity index (χ3v) is 4.36. The van der Waals surface area contributed by atoms with E-state index in [4.69, 9.17) is 0 Å². The van der Waals surface area contributed by atoms with Crippen LogP contribution in [0.5, 0.6) is 0 Å². The van der Waals surface area contributed by atoms with Crippen molar-refractivity contribution in [3.8, 4) is 0 Å². The van der Waals surface area contributed by atoms with Crippen LogP contribution in [0.3, 0.4) is 0 Å². The molecule has 0 aromatic heterocycles. The Hall–Kier alpha value is -2.67. The number of hydrogen-bond donors (Lipinski definition) is 1. The maximum Gasteiger partial charge on any atom is 0.325 e. The fourth-order valence-electron chi connectivity index (χ4n) is 2.42. The summed E-state index contributed by atoms with van der Waals surface area (Å²) >= 11 is 3.33. The molecular formula is C20H21BrN2O4. The Kier molecular flexibility index (Phi) is 7.12. The number of methoxy groups -OCH3 is 1. The number of nitrogens with one attached hydrogen (secondary N) is 1. The highest BCUT2D eigenvalue weighted by Gasteiger charge is 2.22. The van der Waals surface area contributed by atoms with E-state index < -0.39 is 5.97 Å². The maximum absolute atomic E-state index is 12.8. The van der Waals surface area contributed by atoms with E-state index in [0.717, 1.165) is 4.47 Å². The lowest BCUT2D eigenvalue weighted by Gasteiger charge is -2.25. The van der Waals surface area contributed by atoms with Crippen LogP contribution in [0, 0.1) is 0 Å². The van der Waals surface area contributed by atoms with Gasteiger partial charge in [0.15, 0.2) is 0 Å². The lowest BCUT2D eigenvalue weighted by molar-refractivity contribution is -0.141. The number of rotatable bonds is 6. The molecule has 0 saturated carbocycles. The number of halogens is 1. The van der Waals surface area contributed by atoms with Gasteiger partial charge in [0, 0.05) is 27.3 Å². The summed E-state index contributed by atoms with van der Waals surface area (Å²) in [5, 5.41) is 2.78. The van der Waals surface area contributed by atoms with Crippen LogP contribution in [0.1, 0.15) is 34.6 Å². The predicted molar refractivity (Wildman–Crippen MR) is 107 cm³/mol. The minimum absolute atomic E-state index is 0.137. The molecule has 0 saturated heterocycles. The van der Waals surface area contributed by atoms with E-state index in [2.05, 4.69) is 26.0 Å². The Bertz CT molecular complexity index is 851. The van der Waals surface area contributed by atoms with Crippen molar-refractivity contribution in [3.63, 3.8) is 0 Å². The fraction of sp³-hybridized carbons (Fsp3) is 0.250. The molecule has 0 unspecified atom stereocenters. The van der Waals surface area contributed by atoms with Gasteiger partial charge in [-0.3, -0.25) is 14.4 Å². The average molecular weight is 433 g/mol. The summed E-state index contributed by atoms with van der Waals surface area (Å²) in [7, 11) is 1.28. The molecule has 7 heteroatoms. The summed E-state index contributed by atoms with van der Waals surface area (Å²) in [6.07, 6.45) is 0. The molecule has 0 aliphatic rings.